The number of nitrogens with zero attached hydrogens (tertiary/aromatic N) is 3. The molecule has 0 fully saturated rings. The summed E-state index contributed by atoms with van der Waals surface area (Å²) in [6, 6.07) is 7.52. The zero-order valence-corrected chi connectivity index (χ0v) is 15.4. The van der Waals surface area contributed by atoms with Crippen LogP contribution >= 0.6 is 11.8 Å². The van der Waals surface area contributed by atoms with Gasteiger partial charge < -0.3 is 14.8 Å². The predicted molar refractivity (Wildman–Crippen MR) is 100.0 cm³/mol. The summed E-state index contributed by atoms with van der Waals surface area (Å²) in [6.07, 6.45) is 3.95. The van der Waals surface area contributed by atoms with E-state index in [1.807, 2.05) is 42.0 Å². The Kier molecular flexibility index (Phi) is 5.13. The zero-order valence-electron chi connectivity index (χ0n) is 14.6. The number of thioether (sulfide) groups is 1. The van der Waals surface area contributed by atoms with Crippen LogP contribution in [0.15, 0.2) is 41.8 Å². The molecule has 2 heterocycles. The molecular formula is C18H22N4O2S. The van der Waals surface area contributed by atoms with Crippen LogP contribution in [0.3, 0.4) is 0 Å². The first-order chi connectivity index (χ1) is 12.0. The van der Waals surface area contributed by atoms with E-state index in [1.54, 1.807) is 11.1 Å². The first-order valence-corrected chi connectivity index (χ1v) is 9.32. The fourth-order valence-electron chi connectivity index (χ4n) is 2.97. The lowest BCUT2D eigenvalue weighted by Crippen LogP contribution is -2.40. The van der Waals surface area contributed by atoms with Gasteiger partial charge in [-0.05, 0) is 32.9 Å². The van der Waals surface area contributed by atoms with Gasteiger partial charge in [-0.1, -0.05) is 23.9 Å². The third kappa shape index (κ3) is 3.71. The van der Waals surface area contributed by atoms with Crippen LogP contribution in [-0.4, -0.2) is 33.2 Å². The van der Waals surface area contributed by atoms with Crippen molar-refractivity contribution in [2.24, 2.45) is 0 Å². The van der Waals surface area contributed by atoms with E-state index >= 15 is 0 Å². The van der Waals surface area contributed by atoms with Crippen LogP contribution in [0.25, 0.3) is 0 Å². The summed E-state index contributed by atoms with van der Waals surface area (Å²) in [7, 11) is 0. The van der Waals surface area contributed by atoms with Crippen molar-refractivity contribution in [1.29, 1.82) is 0 Å². The summed E-state index contributed by atoms with van der Waals surface area (Å²) >= 11 is 1.42. The quantitative estimate of drug-likeness (QED) is 0.852. The van der Waals surface area contributed by atoms with E-state index < -0.39 is 0 Å². The highest BCUT2D eigenvalue weighted by molar-refractivity contribution is 7.99. The Morgan fingerprint density at radius 3 is 2.92 bits per heavy atom. The highest BCUT2D eigenvalue weighted by atomic mass is 32.2. The van der Waals surface area contributed by atoms with Gasteiger partial charge in [0.1, 0.15) is 0 Å². The molecule has 0 saturated heterocycles. The van der Waals surface area contributed by atoms with E-state index in [-0.39, 0.29) is 30.0 Å². The summed E-state index contributed by atoms with van der Waals surface area (Å²) in [6.45, 7) is 6.06. The molecule has 1 aliphatic heterocycles. The number of para-hydroxylation sites is 2. The summed E-state index contributed by atoms with van der Waals surface area (Å²) < 4.78 is 2.04. The molecule has 0 bridgehead atoms. The molecule has 1 atom stereocenters. The van der Waals surface area contributed by atoms with Crippen molar-refractivity contribution in [3.8, 4) is 0 Å². The fraction of sp³-hybridized carbons (Fsp3) is 0.389. The molecule has 2 amide bonds. The van der Waals surface area contributed by atoms with Crippen molar-refractivity contribution in [1.82, 2.24) is 9.55 Å². The number of amides is 2. The van der Waals surface area contributed by atoms with Gasteiger partial charge in [-0.3, -0.25) is 9.59 Å². The van der Waals surface area contributed by atoms with Crippen molar-refractivity contribution in [3.63, 3.8) is 0 Å². The largest absolute Gasteiger partial charge is 0.324 e. The summed E-state index contributed by atoms with van der Waals surface area (Å²) in [5, 5.41) is 3.70. The van der Waals surface area contributed by atoms with Crippen LogP contribution in [0.2, 0.25) is 0 Å². The maximum atomic E-state index is 12.9. The summed E-state index contributed by atoms with van der Waals surface area (Å²) in [5.74, 6) is 0.175. The molecule has 3 rings (SSSR count). The number of benzene rings is 1. The normalized spacial score (nSPS) is 17.2. The van der Waals surface area contributed by atoms with E-state index in [1.165, 1.54) is 11.8 Å². The second-order valence-corrected chi connectivity index (χ2v) is 7.32. The summed E-state index contributed by atoms with van der Waals surface area (Å²) in [4.78, 5) is 31.0. The molecular weight excluding hydrogens is 336 g/mol. The van der Waals surface area contributed by atoms with E-state index in [9.17, 15) is 9.59 Å². The van der Waals surface area contributed by atoms with Gasteiger partial charge in [-0.25, -0.2) is 4.98 Å². The molecule has 0 spiro atoms. The molecule has 1 unspecified atom stereocenters. The highest BCUT2D eigenvalue weighted by Crippen LogP contribution is 2.32. The average Bonchev–Trinajstić information content (AvgIpc) is 2.98. The molecule has 1 aliphatic rings. The van der Waals surface area contributed by atoms with Crippen molar-refractivity contribution < 1.29 is 9.59 Å². The average molecular weight is 358 g/mol. The Bertz CT molecular complexity index is 787. The van der Waals surface area contributed by atoms with Gasteiger partial charge >= 0.3 is 0 Å². The third-order valence-corrected chi connectivity index (χ3v) is 5.11. The summed E-state index contributed by atoms with van der Waals surface area (Å²) in [5.41, 5.74) is 1.43. The molecule has 25 heavy (non-hydrogen) atoms. The predicted octanol–water partition coefficient (Wildman–Crippen LogP) is 3.32. The molecule has 1 aromatic carbocycles. The first kappa shape index (κ1) is 17.5. The molecule has 0 aliphatic carbocycles. The van der Waals surface area contributed by atoms with Gasteiger partial charge in [-0.15, -0.1) is 0 Å². The molecule has 0 saturated carbocycles. The Hall–Kier alpha value is -2.28. The molecule has 2 aromatic rings. The van der Waals surface area contributed by atoms with Gasteiger partial charge in [0.15, 0.2) is 5.16 Å². The maximum Gasteiger partial charge on any atom is 0.237 e. The van der Waals surface area contributed by atoms with Crippen LogP contribution in [0, 0.1) is 0 Å². The topological polar surface area (TPSA) is 67.2 Å². The molecule has 1 aromatic heterocycles. The number of hydrogen-bond donors (Lipinski definition) is 1. The van der Waals surface area contributed by atoms with Crippen LogP contribution in [0.1, 0.15) is 33.2 Å². The van der Waals surface area contributed by atoms with Crippen molar-refractivity contribution in [3.05, 3.63) is 36.7 Å². The SMILES string of the molecule is CC1CC(=O)Nc2ccccc2N1C(=O)CSc1nccn1C(C)C. The van der Waals surface area contributed by atoms with Crippen molar-refractivity contribution in [2.75, 3.05) is 16.0 Å². The number of nitrogens with one attached hydrogen (secondary N) is 1. The van der Waals surface area contributed by atoms with Crippen LogP contribution in [-0.2, 0) is 9.59 Å². The minimum atomic E-state index is -0.193. The number of imidazole rings is 1. The molecule has 6 nitrogen and oxygen atoms in total. The second-order valence-electron chi connectivity index (χ2n) is 6.38. The minimum absolute atomic E-state index is 0.0280. The van der Waals surface area contributed by atoms with Crippen LogP contribution < -0.4 is 10.2 Å². The molecule has 132 valence electrons. The van der Waals surface area contributed by atoms with Crippen LogP contribution in [0.5, 0.6) is 0 Å². The van der Waals surface area contributed by atoms with Gasteiger partial charge in [0.2, 0.25) is 11.8 Å². The maximum absolute atomic E-state index is 12.9. The van der Waals surface area contributed by atoms with Gasteiger partial charge in [0.25, 0.3) is 0 Å². The monoisotopic (exact) mass is 358 g/mol. The fourth-order valence-corrected chi connectivity index (χ4v) is 3.92. The number of anilines is 2. The van der Waals surface area contributed by atoms with Crippen molar-refractivity contribution in [2.45, 2.75) is 44.4 Å². The van der Waals surface area contributed by atoms with E-state index in [0.717, 1.165) is 10.8 Å². The Balaban J connectivity index is 1.81. The highest BCUT2D eigenvalue weighted by Gasteiger charge is 2.29. The van der Waals surface area contributed by atoms with E-state index in [2.05, 4.69) is 24.1 Å². The Morgan fingerprint density at radius 2 is 2.16 bits per heavy atom. The molecule has 1 N–H and O–H groups in total. The number of aromatic nitrogens is 2. The molecule has 0 radical (unpaired) electrons. The standard InChI is InChI=1S/C18H22N4O2S/c1-12(2)21-9-8-19-18(21)25-11-17(24)22-13(3)10-16(23)20-14-6-4-5-7-15(14)22/h4-9,12-13H,10-11H2,1-3H3,(H,20,23). The number of rotatable bonds is 4. The number of carbonyl (C=O) groups excluding carboxylic acids is 2. The van der Waals surface area contributed by atoms with E-state index in [4.69, 9.17) is 0 Å². The third-order valence-electron chi connectivity index (χ3n) is 4.14. The number of carbonyl (C=O) groups is 2. The van der Waals surface area contributed by atoms with Gasteiger partial charge in [0, 0.05) is 30.9 Å². The number of hydrogen-bond acceptors (Lipinski definition) is 4. The lowest BCUT2D eigenvalue weighted by atomic mass is 10.2. The van der Waals surface area contributed by atoms with Crippen molar-refractivity contribution >= 4 is 35.0 Å². The van der Waals surface area contributed by atoms with Gasteiger partial charge in [-0.2, -0.15) is 0 Å². The Morgan fingerprint density at radius 1 is 1.40 bits per heavy atom. The lowest BCUT2D eigenvalue weighted by molar-refractivity contribution is -0.117. The number of fused-ring (bicyclic) bond motifs is 1. The van der Waals surface area contributed by atoms with E-state index in [0.29, 0.717) is 11.7 Å². The first-order valence-electron chi connectivity index (χ1n) is 8.34. The smallest absolute Gasteiger partial charge is 0.237 e. The molecule has 7 heteroatoms. The minimum Gasteiger partial charge on any atom is -0.324 e. The lowest BCUT2D eigenvalue weighted by Gasteiger charge is -2.27. The Labute approximate surface area is 151 Å². The van der Waals surface area contributed by atoms with Gasteiger partial charge in [0.05, 0.1) is 17.1 Å². The zero-order chi connectivity index (χ0) is 18.0. The second kappa shape index (κ2) is 7.31. The van der Waals surface area contributed by atoms with Crippen LogP contribution in [0.4, 0.5) is 11.4 Å².